The van der Waals surface area contributed by atoms with Gasteiger partial charge in [0, 0.05) is 0 Å². The van der Waals surface area contributed by atoms with Crippen molar-refractivity contribution in [2.24, 2.45) is 29.1 Å². The van der Waals surface area contributed by atoms with E-state index in [1.165, 1.54) is 62.5 Å². The van der Waals surface area contributed by atoms with Crippen LogP contribution in [0.4, 0.5) is 0 Å². The summed E-state index contributed by atoms with van der Waals surface area (Å²) < 4.78 is 0. The molecule has 0 unspecified atom stereocenters. The standard InChI is InChI=1S/C27H44O.Ca.2H/c1-19(2)8-6-9-21(4)25-15-16-26-22(10-7-17-27(25,26)5)12-13-23-18-24(28)14-11-20(23)3;;;/h12-13,19,21,24-26,28H,3,6-11,14-18H2,1-2,4-5H3;;;/q;+2;2*-1/b22-12+,23-13-;;;/t21-,24+,25-,26+,27-;;;/m1.../s1. The first-order chi connectivity index (χ1) is 13.3. The van der Waals surface area contributed by atoms with Gasteiger partial charge in [0.15, 0.2) is 0 Å². The summed E-state index contributed by atoms with van der Waals surface area (Å²) >= 11 is 0. The Morgan fingerprint density at radius 1 is 1.14 bits per heavy atom. The molecule has 0 saturated heterocycles. The number of hydrogen-bond acceptors (Lipinski definition) is 1. The Kier molecular flexibility index (Phi) is 10.1. The van der Waals surface area contributed by atoms with Gasteiger partial charge in [-0.2, -0.15) is 0 Å². The van der Waals surface area contributed by atoms with E-state index in [1.807, 2.05) is 0 Å². The first-order valence-corrected chi connectivity index (χ1v) is 12.1. The number of aliphatic hydroxyl groups excluding tert-OH is 1. The summed E-state index contributed by atoms with van der Waals surface area (Å²) in [5.74, 6) is 3.37. The zero-order valence-corrected chi connectivity index (χ0v) is 21.9. The first kappa shape index (κ1) is 25.7. The average Bonchev–Trinajstić information content (AvgIpc) is 2.99. The molecule has 3 rings (SSSR count). The summed E-state index contributed by atoms with van der Waals surface area (Å²) in [6.45, 7) is 14.1. The van der Waals surface area contributed by atoms with Crippen molar-refractivity contribution in [2.75, 3.05) is 0 Å². The van der Waals surface area contributed by atoms with E-state index in [1.54, 1.807) is 5.57 Å². The van der Waals surface area contributed by atoms with Gasteiger partial charge in [0.25, 0.3) is 0 Å². The molecule has 162 valence electrons. The molecule has 1 N–H and O–H groups in total. The van der Waals surface area contributed by atoms with Crippen LogP contribution in [0.2, 0.25) is 0 Å². The van der Waals surface area contributed by atoms with Gasteiger partial charge in [-0.3, -0.25) is 0 Å². The maximum atomic E-state index is 10.0. The Hall–Kier alpha value is 0.440. The SMILES string of the molecule is C=C1CC[C@H](O)C/C1=C/C=C1\CCC[C@]2(C)[C@@H]([C@H](C)CCCC(C)C)CC[C@@H]12.[Ca+2].[H-].[H-]. The minimum absolute atomic E-state index is 0. The van der Waals surface area contributed by atoms with Crippen molar-refractivity contribution in [3.8, 4) is 0 Å². The summed E-state index contributed by atoms with van der Waals surface area (Å²) in [4.78, 5) is 0. The minimum Gasteiger partial charge on any atom is -1.00 e. The van der Waals surface area contributed by atoms with Crippen LogP contribution in [-0.4, -0.2) is 48.9 Å². The number of allylic oxidation sites excluding steroid dienone is 4. The van der Waals surface area contributed by atoms with Crippen molar-refractivity contribution >= 4 is 37.7 Å². The van der Waals surface area contributed by atoms with Crippen LogP contribution in [0.1, 0.15) is 101 Å². The molecule has 0 heterocycles. The van der Waals surface area contributed by atoms with Crippen molar-refractivity contribution in [1.82, 2.24) is 0 Å². The van der Waals surface area contributed by atoms with Crippen LogP contribution in [0.5, 0.6) is 0 Å². The number of hydrogen-bond donors (Lipinski definition) is 1. The van der Waals surface area contributed by atoms with Gasteiger partial charge in [-0.25, -0.2) is 0 Å². The molecular formula is C27H46CaO. The van der Waals surface area contributed by atoms with E-state index >= 15 is 0 Å². The second-order valence-electron chi connectivity index (χ2n) is 10.8. The Labute approximate surface area is 213 Å². The summed E-state index contributed by atoms with van der Waals surface area (Å²) in [6.07, 6.45) is 18.2. The van der Waals surface area contributed by atoms with Crippen LogP contribution in [0.25, 0.3) is 0 Å². The fourth-order valence-electron chi connectivity index (χ4n) is 6.66. The zero-order chi connectivity index (χ0) is 20.3. The molecule has 0 amide bonds. The molecule has 0 spiro atoms. The third kappa shape index (κ3) is 6.24. The average molecular weight is 427 g/mol. The van der Waals surface area contributed by atoms with E-state index in [0.29, 0.717) is 5.41 Å². The number of fused-ring (bicyclic) bond motifs is 1. The van der Waals surface area contributed by atoms with Crippen LogP contribution in [0.15, 0.2) is 35.5 Å². The Bertz CT molecular complexity index is 627. The molecule has 3 aliphatic rings. The predicted molar refractivity (Wildman–Crippen MR) is 129 cm³/mol. The maximum Gasteiger partial charge on any atom is 2.00 e. The molecule has 3 fully saturated rings. The molecular weight excluding hydrogens is 380 g/mol. The van der Waals surface area contributed by atoms with Crippen LogP contribution < -0.4 is 0 Å². The molecule has 3 saturated carbocycles. The molecule has 0 radical (unpaired) electrons. The van der Waals surface area contributed by atoms with Crippen LogP contribution in [-0.2, 0) is 0 Å². The molecule has 0 bridgehead atoms. The fraction of sp³-hybridized carbons (Fsp3) is 0.778. The van der Waals surface area contributed by atoms with Gasteiger partial charge < -0.3 is 7.96 Å². The van der Waals surface area contributed by atoms with Gasteiger partial charge in [0.2, 0.25) is 0 Å². The summed E-state index contributed by atoms with van der Waals surface area (Å²) in [6, 6.07) is 0. The number of aliphatic hydroxyl groups is 1. The van der Waals surface area contributed by atoms with Crippen molar-refractivity contribution < 1.29 is 7.96 Å². The molecule has 3 aliphatic carbocycles. The second-order valence-corrected chi connectivity index (χ2v) is 10.8. The third-order valence-electron chi connectivity index (χ3n) is 8.35. The Balaban J connectivity index is 0.00000300. The van der Waals surface area contributed by atoms with Crippen molar-refractivity contribution in [3.05, 3.63) is 35.5 Å². The van der Waals surface area contributed by atoms with Crippen molar-refractivity contribution in [2.45, 2.75) is 104 Å². The van der Waals surface area contributed by atoms with E-state index < -0.39 is 0 Å². The van der Waals surface area contributed by atoms with Gasteiger partial charge in [-0.1, -0.05) is 76.8 Å². The Morgan fingerprint density at radius 3 is 2.62 bits per heavy atom. The molecule has 5 atom stereocenters. The quantitative estimate of drug-likeness (QED) is 0.437. The van der Waals surface area contributed by atoms with E-state index in [4.69, 9.17) is 0 Å². The maximum absolute atomic E-state index is 10.0. The summed E-state index contributed by atoms with van der Waals surface area (Å²) in [5, 5.41) is 10.0. The van der Waals surface area contributed by atoms with Gasteiger partial charge in [0.05, 0.1) is 6.10 Å². The van der Waals surface area contributed by atoms with Crippen molar-refractivity contribution in [1.29, 1.82) is 0 Å². The fourth-order valence-corrected chi connectivity index (χ4v) is 6.66. The minimum atomic E-state index is -0.172. The largest absolute Gasteiger partial charge is 2.00 e. The number of rotatable bonds is 6. The normalized spacial score (nSPS) is 36.3. The van der Waals surface area contributed by atoms with Gasteiger partial charge in [-0.05, 0) is 86.0 Å². The zero-order valence-electron chi connectivity index (χ0n) is 21.7. The first-order valence-electron chi connectivity index (χ1n) is 12.1. The smallest absolute Gasteiger partial charge is 1.00 e. The molecule has 0 aromatic rings. The summed E-state index contributed by atoms with van der Waals surface area (Å²) in [7, 11) is 0. The molecule has 0 aliphatic heterocycles. The van der Waals surface area contributed by atoms with Crippen LogP contribution in [0.3, 0.4) is 0 Å². The van der Waals surface area contributed by atoms with Gasteiger partial charge in [0.1, 0.15) is 0 Å². The molecule has 0 aromatic heterocycles. The van der Waals surface area contributed by atoms with E-state index in [0.717, 1.165) is 42.9 Å². The van der Waals surface area contributed by atoms with E-state index in [9.17, 15) is 5.11 Å². The van der Waals surface area contributed by atoms with Crippen LogP contribution >= 0.6 is 0 Å². The second kappa shape index (κ2) is 11.3. The van der Waals surface area contributed by atoms with Gasteiger partial charge in [-0.15, -0.1) is 0 Å². The topological polar surface area (TPSA) is 20.2 Å². The van der Waals surface area contributed by atoms with Crippen molar-refractivity contribution in [3.63, 3.8) is 0 Å². The molecule has 29 heavy (non-hydrogen) atoms. The molecule has 2 heteroatoms. The Morgan fingerprint density at radius 2 is 1.90 bits per heavy atom. The van der Waals surface area contributed by atoms with Crippen LogP contribution in [0, 0.1) is 29.1 Å². The van der Waals surface area contributed by atoms with E-state index in [2.05, 4.69) is 46.4 Å². The summed E-state index contributed by atoms with van der Waals surface area (Å²) in [5.41, 5.74) is 4.72. The molecule has 1 nitrogen and oxygen atoms in total. The third-order valence-corrected chi connectivity index (χ3v) is 8.35. The van der Waals surface area contributed by atoms with E-state index in [-0.39, 0.29) is 46.7 Å². The monoisotopic (exact) mass is 426 g/mol. The predicted octanol–water partition coefficient (Wildman–Crippen LogP) is 7.46. The molecule has 0 aromatic carbocycles. The van der Waals surface area contributed by atoms with Gasteiger partial charge >= 0.3 is 37.7 Å².